The van der Waals surface area contributed by atoms with Gasteiger partial charge >= 0.3 is 0 Å². The largest absolute Gasteiger partial charge is 0.311 e. The lowest BCUT2D eigenvalue weighted by Gasteiger charge is -2.26. The Hall–Kier alpha value is -8.20. The summed E-state index contributed by atoms with van der Waals surface area (Å²) in [4.78, 5) is 2.34. The number of aromatic nitrogens is 1. The normalized spacial score (nSPS) is 11.2. The van der Waals surface area contributed by atoms with Gasteiger partial charge in [0.25, 0.3) is 0 Å². The van der Waals surface area contributed by atoms with E-state index in [1.165, 1.54) is 66.3 Å². The summed E-state index contributed by atoms with van der Waals surface area (Å²) in [5.41, 5.74) is 18.8. The third-order valence-electron chi connectivity index (χ3n) is 12.0. The van der Waals surface area contributed by atoms with Crippen molar-refractivity contribution < 1.29 is 0 Å². The third kappa shape index (κ3) is 6.94. The molecule has 2 nitrogen and oxygen atoms in total. The fraction of sp³-hybridized carbons (Fsp3) is 0. The van der Waals surface area contributed by atoms with Crippen LogP contribution in [0, 0.1) is 0 Å². The van der Waals surface area contributed by atoms with Gasteiger partial charge in [0.1, 0.15) is 0 Å². The molecule has 2 heteroatoms. The average Bonchev–Trinajstić information content (AvgIpc) is 3.70. The first-order valence-corrected chi connectivity index (χ1v) is 21.3. The molecule has 0 saturated heterocycles. The molecular formula is C60H42N2. The molecule has 0 radical (unpaired) electrons. The molecule has 0 aliphatic rings. The van der Waals surface area contributed by atoms with Crippen molar-refractivity contribution in [1.29, 1.82) is 0 Å². The standard InChI is InChI=1S/C60H42N2/c1-5-15-43(16-6-1)46-27-34-52(35-28-46)61(53-36-29-47(30-37-53)44-17-7-2-8-18-44)54-38-31-48(32-39-54)50-23-13-24-55(41-50)62-59-40-33-51(45-19-9-3-10-20-45)42-58(59)57-26-14-25-56(60(57)62)49-21-11-4-12-22-49/h1-42H. The summed E-state index contributed by atoms with van der Waals surface area (Å²) in [6, 6.07) is 92.0. The Morgan fingerprint density at radius 2 is 0.645 bits per heavy atom. The maximum atomic E-state index is 2.46. The van der Waals surface area contributed by atoms with Gasteiger partial charge in [-0.15, -0.1) is 0 Å². The first-order chi connectivity index (χ1) is 30.7. The molecule has 0 N–H and O–H groups in total. The van der Waals surface area contributed by atoms with Crippen LogP contribution in [0.5, 0.6) is 0 Å². The van der Waals surface area contributed by atoms with E-state index in [1.807, 2.05) is 0 Å². The number of anilines is 3. The van der Waals surface area contributed by atoms with Crippen molar-refractivity contribution in [2.45, 2.75) is 0 Å². The molecule has 0 atom stereocenters. The zero-order valence-corrected chi connectivity index (χ0v) is 34.1. The fourth-order valence-corrected chi connectivity index (χ4v) is 8.94. The van der Waals surface area contributed by atoms with Crippen molar-refractivity contribution >= 4 is 38.9 Å². The highest BCUT2D eigenvalue weighted by Crippen LogP contribution is 2.41. The Kier molecular flexibility index (Phi) is 9.57. The maximum absolute atomic E-state index is 2.46. The van der Waals surface area contributed by atoms with Crippen LogP contribution in [-0.4, -0.2) is 4.57 Å². The van der Waals surface area contributed by atoms with Crippen LogP contribution in [-0.2, 0) is 0 Å². The Balaban J connectivity index is 0.998. The lowest BCUT2D eigenvalue weighted by Crippen LogP contribution is -2.09. The van der Waals surface area contributed by atoms with Crippen molar-refractivity contribution in [2.24, 2.45) is 0 Å². The van der Waals surface area contributed by atoms with E-state index in [4.69, 9.17) is 0 Å². The van der Waals surface area contributed by atoms with Gasteiger partial charge in [0, 0.05) is 39.1 Å². The Labute approximate surface area is 362 Å². The van der Waals surface area contributed by atoms with Gasteiger partial charge in [-0.25, -0.2) is 0 Å². The van der Waals surface area contributed by atoms with Crippen molar-refractivity contribution in [3.8, 4) is 61.3 Å². The van der Waals surface area contributed by atoms with E-state index in [0.29, 0.717) is 0 Å². The predicted molar refractivity (Wildman–Crippen MR) is 263 cm³/mol. The minimum absolute atomic E-state index is 1.09. The minimum atomic E-state index is 1.09. The summed E-state index contributed by atoms with van der Waals surface area (Å²) in [7, 11) is 0. The lowest BCUT2D eigenvalue weighted by atomic mass is 10.00. The highest BCUT2D eigenvalue weighted by atomic mass is 15.1. The van der Waals surface area contributed by atoms with Gasteiger partial charge in [0.15, 0.2) is 0 Å². The first-order valence-electron chi connectivity index (χ1n) is 21.3. The summed E-state index contributed by atoms with van der Waals surface area (Å²) in [5.74, 6) is 0. The van der Waals surface area contributed by atoms with E-state index < -0.39 is 0 Å². The number of hydrogen-bond donors (Lipinski definition) is 0. The van der Waals surface area contributed by atoms with Gasteiger partial charge in [-0.3, -0.25) is 0 Å². The number of para-hydroxylation sites is 1. The molecule has 62 heavy (non-hydrogen) atoms. The topological polar surface area (TPSA) is 8.17 Å². The van der Waals surface area contributed by atoms with Crippen molar-refractivity contribution in [1.82, 2.24) is 4.57 Å². The van der Waals surface area contributed by atoms with Gasteiger partial charge in [-0.2, -0.15) is 0 Å². The monoisotopic (exact) mass is 790 g/mol. The number of rotatable bonds is 9. The lowest BCUT2D eigenvalue weighted by molar-refractivity contribution is 1.18. The highest BCUT2D eigenvalue weighted by Gasteiger charge is 2.19. The number of benzene rings is 10. The van der Waals surface area contributed by atoms with Crippen LogP contribution < -0.4 is 4.90 Å². The molecule has 10 aromatic carbocycles. The van der Waals surface area contributed by atoms with Crippen molar-refractivity contribution in [3.63, 3.8) is 0 Å². The van der Waals surface area contributed by atoms with Crippen LogP contribution in [0.3, 0.4) is 0 Å². The molecule has 0 saturated carbocycles. The maximum Gasteiger partial charge on any atom is 0.0619 e. The molecule has 1 heterocycles. The van der Waals surface area contributed by atoms with Crippen LogP contribution in [0.1, 0.15) is 0 Å². The van der Waals surface area contributed by atoms with Gasteiger partial charge < -0.3 is 9.47 Å². The quantitative estimate of drug-likeness (QED) is 0.141. The number of nitrogens with zero attached hydrogens (tertiary/aromatic N) is 2. The molecule has 0 amide bonds. The molecule has 0 fully saturated rings. The predicted octanol–water partition coefficient (Wildman–Crippen LogP) is 16.6. The summed E-state index contributed by atoms with van der Waals surface area (Å²) < 4.78 is 2.46. The molecule has 292 valence electrons. The van der Waals surface area contributed by atoms with E-state index >= 15 is 0 Å². The molecule has 1 aromatic heterocycles. The molecule has 0 spiro atoms. The van der Waals surface area contributed by atoms with Crippen LogP contribution >= 0.6 is 0 Å². The minimum Gasteiger partial charge on any atom is -0.311 e. The van der Waals surface area contributed by atoms with Crippen molar-refractivity contribution in [3.05, 3.63) is 255 Å². The van der Waals surface area contributed by atoms with Gasteiger partial charge in [-0.05, 0) is 111 Å². The van der Waals surface area contributed by atoms with E-state index in [1.54, 1.807) is 0 Å². The summed E-state index contributed by atoms with van der Waals surface area (Å²) in [6.07, 6.45) is 0. The molecule has 11 aromatic rings. The van der Waals surface area contributed by atoms with Gasteiger partial charge in [-0.1, -0.05) is 194 Å². The highest BCUT2D eigenvalue weighted by molar-refractivity contribution is 6.14. The van der Waals surface area contributed by atoms with E-state index in [9.17, 15) is 0 Å². The molecule has 11 rings (SSSR count). The smallest absolute Gasteiger partial charge is 0.0619 e. The van der Waals surface area contributed by atoms with Gasteiger partial charge in [0.05, 0.1) is 11.0 Å². The second kappa shape index (κ2) is 16.1. The number of hydrogen-bond acceptors (Lipinski definition) is 1. The average molecular weight is 791 g/mol. The second-order valence-electron chi connectivity index (χ2n) is 15.8. The molecule has 0 aliphatic heterocycles. The van der Waals surface area contributed by atoms with Crippen LogP contribution in [0.4, 0.5) is 17.1 Å². The Bertz CT molecular complexity index is 3200. The zero-order chi connectivity index (χ0) is 41.2. The van der Waals surface area contributed by atoms with E-state index in [-0.39, 0.29) is 0 Å². The summed E-state index contributed by atoms with van der Waals surface area (Å²) >= 11 is 0. The Morgan fingerprint density at radius 1 is 0.258 bits per heavy atom. The molecule has 0 bridgehead atoms. The fourth-order valence-electron chi connectivity index (χ4n) is 8.94. The van der Waals surface area contributed by atoms with Crippen LogP contribution in [0.25, 0.3) is 83.1 Å². The first kappa shape index (κ1) is 36.8. The Morgan fingerprint density at radius 3 is 1.16 bits per heavy atom. The summed E-state index contributed by atoms with van der Waals surface area (Å²) in [6.45, 7) is 0. The van der Waals surface area contributed by atoms with Crippen molar-refractivity contribution in [2.75, 3.05) is 4.90 Å². The molecule has 0 aliphatic carbocycles. The van der Waals surface area contributed by atoms with Crippen LogP contribution in [0.2, 0.25) is 0 Å². The summed E-state index contributed by atoms with van der Waals surface area (Å²) in [5, 5.41) is 2.48. The van der Waals surface area contributed by atoms with E-state index in [2.05, 4.69) is 264 Å². The molecular weight excluding hydrogens is 749 g/mol. The number of fused-ring (bicyclic) bond motifs is 3. The third-order valence-corrected chi connectivity index (χ3v) is 12.0. The zero-order valence-electron chi connectivity index (χ0n) is 34.1. The van der Waals surface area contributed by atoms with Crippen LogP contribution in [0.15, 0.2) is 255 Å². The van der Waals surface area contributed by atoms with Gasteiger partial charge in [0.2, 0.25) is 0 Å². The van der Waals surface area contributed by atoms with E-state index in [0.717, 1.165) is 33.9 Å². The molecule has 0 unspecified atom stereocenters. The SMILES string of the molecule is c1ccc(-c2ccc(N(c3ccc(-c4ccccc4)cc3)c3ccc(-c4cccc(-n5c6ccc(-c7ccccc7)cc6c6cccc(-c7ccccc7)c65)c4)cc3)cc2)cc1. The second-order valence-corrected chi connectivity index (χ2v) is 15.8.